The monoisotopic (exact) mass is 409 g/mol. The number of nitrogens with one attached hydrogen (secondary N) is 1. The van der Waals surface area contributed by atoms with Gasteiger partial charge in [0, 0.05) is 30.6 Å². The van der Waals surface area contributed by atoms with Crippen molar-refractivity contribution in [3.8, 4) is 0 Å². The first-order chi connectivity index (χ1) is 14.4. The van der Waals surface area contributed by atoms with Crippen LogP contribution in [0.4, 0.5) is 6.01 Å². The maximum absolute atomic E-state index is 12.3. The Labute approximate surface area is 177 Å². The summed E-state index contributed by atoms with van der Waals surface area (Å²) in [5, 5.41) is 7.98. The van der Waals surface area contributed by atoms with Crippen LogP contribution in [-0.2, 0) is 12.0 Å². The number of para-hydroxylation sites is 2. The van der Waals surface area contributed by atoms with Crippen molar-refractivity contribution in [2.45, 2.75) is 58.0 Å². The van der Waals surface area contributed by atoms with E-state index in [1.807, 2.05) is 30.3 Å². The maximum Gasteiger partial charge on any atom is 0.295 e. The van der Waals surface area contributed by atoms with E-state index < -0.39 is 0 Å². The molecule has 1 N–H and O–H groups in total. The zero-order valence-electron chi connectivity index (χ0n) is 18.1. The van der Waals surface area contributed by atoms with E-state index in [0.29, 0.717) is 18.6 Å². The summed E-state index contributed by atoms with van der Waals surface area (Å²) in [6.07, 6.45) is 3.52. The molecule has 30 heavy (non-hydrogen) atoms. The van der Waals surface area contributed by atoms with E-state index in [2.05, 4.69) is 41.1 Å². The van der Waals surface area contributed by atoms with E-state index in [-0.39, 0.29) is 11.0 Å². The maximum atomic E-state index is 12.3. The molecule has 3 aromatic rings. The van der Waals surface area contributed by atoms with Crippen molar-refractivity contribution in [2.75, 3.05) is 25.0 Å². The summed E-state index contributed by atoms with van der Waals surface area (Å²) < 4.78 is 7.40. The third-order valence-corrected chi connectivity index (χ3v) is 5.77. The molecule has 160 valence electrons. The van der Waals surface area contributed by atoms with Gasteiger partial charge in [0.05, 0.1) is 12.2 Å². The van der Waals surface area contributed by atoms with Crippen molar-refractivity contribution in [3.05, 3.63) is 52.4 Å². The zero-order chi connectivity index (χ0) is 21.1. The average molecular weight is 410 g/mol. The number of likely N-dealkylation sites (tertiary alicyclic amines) is 1. The largest absolute Gasteiger partial charge is 0.424 e. The van der Waals surface area contributed by atoms with Crippen molar-refractivity contribution in [2.24, 2.45) is 0 Å². The molecule has 0 aliphatic carbocycles. The Morgan fingerprint density at radius 1 is 1.13 bits per heavy atom. The molecule has 0 spiro atoms. The fourth-order valence-electron chi connectivity index (χ4n) is 3.97. The van der Waals surface area contributed by atoms with Gasteiger partial charge in [-0.3, -0.25) is 9.69 Å². The summed E-state index contributed by atoms with van der Waals surface area (Å²) in [6.45, 7) is 9.56. The highest BCUT2D eigenvalue weighted by molar-refractivity contribution is 5.74. The molecule has 7 heteroatoms. The van der Waals surface area contributed by atoms with E-state index in [1.165, 1.54) is 12.8 Å². The number of hydrogen-bond donors (Lipinski definition) is 1. The lowest BCUT2D eigenvalue weighted by Gasteiger charge is -2.35. The quantitative estimate of drug-likeness (QED) is 0.670. The van der Waals surface area contributed by atoms with Crippen LogP contribution >= 0.6 is 0 Å². The van der Waals surface area contributed by atoms with E-state index in [4.69, 9.17) is 4.42 Å². The first-order valence-electron chi connectivity index (χ1n) is 10.8. The van der Waals surface area contributed by atoms with Gasteiger partial charge in [-0.2, -0.15) is 10.1 Å². The van der Waals surface area contributed by atoms with Gasteiger partial charge in [-0.05, 0) is 37.6 Å². The van der Waals surface area contributed by atoms with E-state index >= 15 is 0 Å². The minimum Gasteiger partial charge on any atom is -0.424 e. The van der Waals surface area contributed by atoms with Gasteiger partial charge in [-0.15, -0.1) is 0 Å². The summed E-state index contributed by atoms with van der Waals surface area (Å²) in [5.41, 5.74) is 2.48. The first kappa shape index (κ1) is 20.6. The van der Waals surface area contributed by atoms with Crippen LogP contribution in [0, 0.1) is 0 Å². The zero-order valence-corrected chi connectivity index (χ0v) is 18.1. The molecule has 1 saturated heterocycles. The van der Waals surface area contributed by atoms with Gasteiger partial charge >= 0.3 is 0 Å². The Morgan fingerprint density at radius 2 is 1.97 bits per heavy atom. The van der Waals surface area contributed by atoms with Gasteiger partial charge < -0.3 is 9.73 Å². The van der Waals surface area contributed by atoms with Gasteiger partial charge in [0.1, 0.15) is 5.52 Å². The number of anilines is 1. The summed E-state index contributed by atoms with van der Waals surface area (Å²) >= 11 is 0. The van der Waals surface area contributed by atoms with Crippen LogP contribution in [-0.4, -0.2) is 45.3 Å². The van der Waals surface area contributed by atoms with Crippen molar-refractivity contribution in [3.63, 3.8) is 0 Å². The van der Waals surface area contributed by atoms with Crippen LogP contribution in [0.1, 0.15) is 45.7 Å². The molecule has 4 rings (SSSR count). The molecule has 0 amide bonds. The highest BCUT2D eigenvalue weighted by Crippen LogP contribution is 2.21. The predicted molar refractivity (Wildman–Crippen MR) is 119 cm³/mol. The summed E-state index contributed by atoms with van der Waals surface area (Å²) in [5.74, 6) is 0. The van der Waals surface area contributed by atoms with Crippen LogP contribution < -0.4 is 10.9 Å². The van der Waals surface area contributed by atoms with Crippen LogP contribution in [0.25, 0.3) is 11.1 Å². The molecule has 7 nitrogen and oxygen atoms in total. The highest BCUT2D eigenvalue weighted by atomic mass is 16.4. The molecule has 1 atom stereocenters. The van der Waals surface area contributed by atoms with Gasteiger partial charge in [-0.1, -0.05) is 39.3 Å². The van der Waals surface area contributed by atoms with Crippen LogP contribution in [0.15, 0.2) is 45.6 Å². The fourth-order valence-corrected chi connectivity index (χ4v) is 3.97. The molecule has 1 aromatic carbocycles. The molecule has 2 aromatic heterocycles. The Kier molecular flexibility index (Phi) is 5.90. The number of benzene rings is 1. The normalized spacial score (nSPS) is 18.0. The number of oxazole rings is 1. The molecule has 1 aliphatic heterocycles. The molecule has 1 aliphatic rings. The van der Waals surface area contributed by atoms with E-state index in [0.717, 1.165) is 42.8 Å². The van der Waals surface area contributed by atoms with Gasteiger partial charge in [0.25, 0.3) is 11.6 Å². The summed E-state index contributed by atoms with van der Waals surface area (Å²) in [7, 11) is 0. The standard InChI is InChI=1S/C23H31N5O2/c1-23(2,3)20-11-12-21(29)28(26-20)15-14-27-13-7-6-8-17(27)16-24-22-25-18-9-4-5-10-19(18)30-22/h4-5,9-12,17H,6-8,13-16H2,1-3H3,(H,24,25). The Balaban J connectivity index is 1.40. The van der Waals surface area contributed by atoms with Crippen molar-refractivity contribution in [1.82, 2.24) is 19.7 Å². The SMILES string of the molecule is CC(C)(C)c1ccc(=O)n(CCN2CCCCC2CNc2nc3ccccc3o2)n1. The highest BCUT2D eigenvalue weighted by Gasteiger charge is 2.23. The number of fused-ring (bicyclic) bond motifs is 1. The lowest BCUT2D eigenvalue weighted by Crippen LogP contribution is -2.45. The third kappa shape index (κ3) is 4.73. The number of aromatic nitrogens is 3. The molecule has 1 unspecified atom stereocenters. The molecule has 3 heterocycles. The van der Waals surface area contributed by atoms with Gasteiger partial charge in [0.15, 0.2) is 5.58 Å². The summed E-state index contributed by atoms with van der Waals surface area (Å²) in [6, 6.07) is 12.2. The second-order valence-corrected chi connectivity index (χ2v) is 9.08. The second kappa shape index (κ2) is 8.60. The minimum absolute atomic E-state index is 0.0406. The van der Waals surface area contributed by atoms with Crippen molar-refractivity contribution in [1.29, 1.82) is 0 Å². The second-order valence-electron chi connectivity index (χ2n) is 9.08. The number of hydrogen-bond acceptors (Lipinski definition) is 6. The lowest BCUT2D eigenvalue weighted by atomic mass is 9.92. The average Bonchev–Trinajstić information content (AvgIpc) is 3.14. The molecule has 0 saturated carbocycles. The Morgan fingerprint density at radius 3 is 2.77 bits per heavy atom. The van der Waals surface area contributed by atoms with Gasteiger partial charge in [0.2, 0.25) is 0 Å². The van der Waals surface area contributed by atoms with Crippen molar-refractivity contribution >= 4 is 17.1 Å². The molecular formula is C23H31N5O2. The number of piperidine rings is 1. The minimum atomic E-state index is -0.0768. The van der Waals surface area contributed by atoms with E-state index in [1.54, 1.807) is 10.7 Å². The Hall–Kier alpha value is -2.67. The molecule has 0 radical (unpaired) electrons. The van der Waals surface area contributed by atoms with Crippen LogP contribution in [0.3, 0.4) is 0 Å². The topological polar surface area (TPSA) is 76.2 Å². The van der Waals surface area contributed by atoms with Crippen LogP contribution in [0.5, 0.6) is 0 Å². The number of rotatable bonds is 6. The third-order valence-electron chi connectivity index (χ3n) is 5.77. The summed E-state index contributed by atoms with van der Waals surface area (Å²) in [4.78, 5) is 19.3. The Bertz CT molecular complexity index is 1020. The first-order valence-corrected chi connectivity index (χ1v) is 10.8. The number of nitrogens with zero attached hydrogens (tertiary/aromatic N) is 4. The van der Waals surface area contributed by atoms with E-state index in [9.17, 15) is 4.79 Å². The molecule has 1 fully saturated rings. The van der Waals surface area contributed by atoms with Gasteiger partial charge in [-0.25, -0.2) is 4.68 Å². The molecule has 0 bridgehead atoms. The fraction of sp³-hybridized carbons (Fsp3) is 0.522. The predicted octanol–water partition coefficient (Wildman–Crippen LogP) is 3.65. The molecular weight excluding hydrogens is 378 g/mol. The van der Waals surface area contributed by atoms with Crippen molar-refractivity contribution < 1.29 is 4.42 Å². The lowest BCUT2D eigenvalue weighted by molar-refractivity contribution is 0.147. The smallest absolute Gasteiger partial charge is 0.295 e. The van der Waals surface area contributed by atoms with Crippen LogP contribution in [0.2, 0.25) is 0 Å².